The maximum atomic E-state index is 13.0. The van der Waals surface area contributed by atoms with Gasteiger partial charge in [-0.2, -0.15) is 0 Å². The topological polar surface area (TPSA) is 107 Å². The Morgan fingerprint density at radius 2 is 1.88 bits per heavy atom. The first kappa shape index (κ1) is 17.4. The summed E-state index contributed by atoms with van der Waals surface area (Å²) in [6.07, 6.45) is 0. The Bertz CT molecular complexity index is 988. The molecule has 25 heavy (non-hydrogen) atoms. The van der Waals surface area contributed by atoms with Crippen LogP contribution in [0.4, 0.5) is 5.69 Å². The van der Waals surface area contributed by atoms with E-state index in [1.54, 1.807) is 0 Å². The fourth-order valence-electron chi connectivity index (χ4n) is 3.02. The molecule has 3 N–H and O–H groups in total. The first-order chi connectivity index (χ1) is 11.6. The zero-order chi connectivity index (χ0) is 18.7. The molecule has 1 saturated heterocycles. The van der Waals surface area contributed by atoms with Crippen molar-refractivity contribution in [3.8, 4) is 0 Å². The van der Waals surface area contributed by atoms with Gasteiger partial charge in [0.2, 0.25) is 11.8 Å². The highest BCUT2D eigenvalue weighted by molar-refractivity contribution is 6.50. The number of rotatable bonds is 1. The maximum Gasteiger partial charge on any atom is 0.264 e. The number of aryl methyl sites for hydroxylation is 1. The van der Waals surface area contributed by atoms with Crippen LogP contribution in [0.1, 0.15) is 11.9 Å². The number of carbonyl (C=O) groups is 2. The highest BCUT2D eigenvalue weighted by atomic mass is 16.2. The van der Waals surface area contributed by atoms with Crippen LogP contribution in [-0.2, 0) is 9.59 Å². The number of piperidine rings is 1. The van der Waals surface area contributed by atoms with E-state index >= 15 is 0 Å². The molecule has 7 nitrogen and oxygen atoms in total. The summed E-state index contributed by atoms with van der Waals surface area (Å²) in [6, 6.07) is 1.44. The summed E-state index contributed by atoms with van der Waals surface area (Å²) >= 11 is 0. The number of nitrogens with one attached hydrogen (secondary N) is 1. The SMILES string of the molecule is [B]c1cc(N)c2c(=O)n(C3C(=O)NC(=O)C([B])C3([B])[B])c(C)nc2c1. The molecule has 1 aromatic carbocycles. The van der Waals surface area contributed by atoms with Crippen molar-refractivity contribution in [2.45, 2.75) is 24.0 Å². The third kappa shape index (κ3) is 2.49. The number of hydrogen-bond donors (Lipinski definition) is 2. The number of nitrogens with zero attached hydrogens (tertiary/aromatic N) is 2. The Balaban J connectivity index is 2.34. The number of nitrogens with two attached hydrogens (primary N) is 1. The predicted octanol–water partition coefficient (Wildman–Crippen LogP) is -2.31. The van der Waals surface area contributed by atoms with Crippen LogP contribution >= 0.6 is 0 Å². The average Bonchev–Trinajstić information content (AvgIpc) is 2.47. The molecule has 1 aliphatic rings. The van der Waals surface area contributed by atoms with E-state index in [0.29, 0.717) is 5.46 Å². The molecule has 11 heteroatoms. The van der Waals surface area contributed by atoms with Crippen LogP contribution in [0.15, 0.2) is 16.9 Å². The highest BCUT2D eigenvalue weighted by Gasteiger charge is 2.48. The van der Waals surface area contributed by atoms with Crippen molar-refractivity contribution in [3.63, 3.8) is 0 Å². The lowest BCUT2D eigenvalue weighted by Gasteiger charge is -2.44. The van der Waals surface area contributed by atoms with E-state index < -0.39 is 34.4 Å². The van der Waals surface area contributed by atoms with Gasteiger partial charge in [-0.15, -0.1) is 0 Å². The Morgan fingerprint density at radius 1 is 1.24 bits per heavy atom. The van der Waals surface area contributed by atoms with Crippen LogP contribution in [0.25, 0.3) is 10.9 Å². The fourth-order valence-corrected chi connectivity index (χ4v) is 3.02. The molecule has 2 unspecified atom stereocenters. The minimum absolute atomic E-state index is 0.0638. The molecule has 3 rings (SSSR count). The van der Waals surface area contributed by atoms with Gasteiger partial charge >= 0.3 is 0 Å². The Hall–Kier alpha value is -2.44. The molecule has 0 bridgehead atoms. The number of imide groups is 1. The van der Waals surface area contributed by atoms with Crippen LogP contribution in [0.3, 0.4) is 0 Å². The summed E-state index contributed by atoms with van der Waals surface area (Å²) in [5, 5.41) is 0.128. The first-order valence-corrected chi connectivity index (χ1v) is 7.31. The van der Waals surface area contributed by atoms with Crippen molar-refractivity contribution in [1.82, 2.24) is 14.9 Å². The summed E-state index contributed by atoms with van der Waals surface area (Å²) < 4.78 is 0.997. The number of hydrogen-bond acceptors (Lipinski definition) is 5. The van der Waals surface area contributed by atoms with E-state index in [0.717, 1.165) is 4.57 Å². The Kier molecular flexibility index (Phi) is 3.85. The lowest BCUT2D eigenvalue weighted by molar-refractivity contribution is -0.136. The summed E-state index contributed by atoms with van der Waals surface area (Å²) in [5.74, 6) is -2.93. The molecule has 2 atom stereocenters. The number of anilines is 1. The van der Waals surface area contributed by atoms with Crippen LogP contribution in [0.2, 0.25) is 11.0 Å². The fraction of sp³-hybridized carbons (Fsp3) is 0.286. The smallest absolute Gasteiger partial charge is 0.264 e. The lowest BCUT2D eigenvalue weighted by atomic mass is 9.39. The summed E-state index contributed by atoms with van der Waals surface area (Å²) in [6.45, 7) is 1.49. The summed E-state index contributed by atoms with van der Waals surface area (Å²) in [4.78, 5) is 41.3. The van der Waals surface area contributed by atoms with Crippen molar-refractivity contribution < 1.29 is 9.59 Å². The van der Waals surface area contributed by atoms with E-state index in [2.05, 4.69) is 10.3 Å². The van der Waals surface area contributed by atoms with Crippen LogP contribution in [0, 0.1) is 6.92 Å². The maximum absolute atomic E-state index is 13.0. The average molecular weight is 326 g/mol. The molecule has 1 fully saturated rings. The second kappa shape index (κ2) is 5.54. The van der Waals surface area contributed by atoms with E-state index in [4.69, 9.17) is 37.1 Å². The lowest BCUT2D eigenvalue weighted by Crippen LogP contribution is -2.55. The number of fused-ring (bicyclic) bond motifs is 1. The molecule has 0 saturated carbocycles. The van der Waals surface area contributed by atoms with Gasteiger partial charge in [0, 0.05) is 5.69 Å². The first-order valence-electron chi connectivity index (χ1n) is 7.31. The van der Waals surface area contributed by atoms with Crippen molar-refractivity contribution in [2.24, 2.45) is 0 Å². The third-order valence-electron chi connectivity index (χ3n) is 4.28. The Morgan fingerprint density at radius 3 is 2.52 bits per heavy atom. The molecule has 1 aromatic heterocycles. The van der Waals surface area contributed by atoms with E-state index in [-0.39, 0.29) is 22.4 Å². The van der Waals surface area contributed by atoms with Gasteiger partial charge in [0.15, 0.2) is 0 Å². The second-order valence-electron chi connectivity index (χ2n) is 6.07. The van der Waals surface area contributed by atoms with Crippen molar-refractivity contribution in [3.05, 3.63) is 28.3 Å². The number of carbonyl (C=O) groups excluding carboxylic acids is 2. The van der Waals surface area contributed by atoms with Gasteiger partial charge in [0.1, 0.15) is 19.7 Å². The summed E-state index contributed by atoms with van der Waals surface area (Å²) in [7, 11) is 23.3. The van der Waals surface area contributed by atoms with Crippen molar-refractivity contribution >= 4 is 65.3 Å². The van der Waals surface area contributed by atoms with Crippen LogP contribution < -0.4 is 22.1 Å². The molecule has 8 radical (unpaired) electrons. The molecule has 1 aliphatic heterocycles. The van der Waals surface area contributed by atoms with Gasteiger partial charge < -0.3 is 5.73 Å². The number of nitrogen functional groups attached to an aromatic ring is 1. The van der Waals surface area contributed by atoms with Gasteiger partial charge in [-0.1, -0.05) is 10.7 Å². The standard InChI is InChI=1S/C14H10B4N4O3/c1-4-20-7-3-5(15)2-6(19)8(7)13(25)22(4)10-12(24)21-11(23)9(16)14(10,17)18/h2-3,9-10H,19H2,1H3,(H,21,23,24). The Labute approximate surface area is 148 Å². The van der Waals surface area contributed by atoms with Gasteiger partial charge in [0.25, 0.3) is 5.56 Å². The molecular weight excluding hydrogens is 315 g/mol. The van der Waals surface area contributed by atoms with Crippen molar-refractivity contribution in [1.29, 1.82) is 0 Å². The zero-order valence-corrected chi connectivity index (χ0v) is 13.3. The monoisotopic (exact) mass is 326 g/mol. The molecule has 2 aromatic rings. The normalized spacial score (nSPS) is 22.8. The quantitative estimate of drug-likeness (QED) is 0.348. The zero-order valence-electron chi connectivity index (χ0n) is 13.3. The minimum Gasteiger partial charge on any atom is -0.398 e. The largest absolute Gasteiger partial charge is 0.398 e. The molecule has 0 aliphatic carbocycles. The van der Waals surface area contributed by atoms with Crippen molar-refractivity contribution in [2.75, 3.05) is 5.73 Å². The van der Waals surface area contributed by atoms with Gasteiger partial charge in [-0.25, -0.2) is 4.98 Å². The minimum atomic E-state index is -1.99. The number of aromatic nitrogens is 2. The third-order valence-corrected chi connectivity index (χ3v) is 4.28. The van der Waals surface area contributed by atoms with Crippen LogP contribution in [0.5, 0.6) is 0 Å². The molecule has 2 heterocycles. The second-order valence-corrected chi connectivity index (χ2v) is 6.07. The number of amides is 2. The van der Waals surface area contributed by atoms with E-state index in [1.165, 1.54) is 19.1 Å². The summed E-state index contributed by atoms with van der Waals surface area (Å²) in [5.41, 5.74) is 5.95. The van der Waals surface area contributed by atoms with Crippen LogP contribution in [-0.4, -0.2) is 52.8 Å². The molecule has 0 spiro atoms. The molecule has 116 valence electrons. The van der Waals surface area contributed by atoms with Gasteiger partial charge in [-0.3, -0.25) is 24.3 Å². The highest BCUT2D eigenvalue weighted by Crippen LogP contribution is 2.45. The van der Waals surface area contributed by atoms with E-state index in [1.807, 2.05) is 0 Å². The van der Waals surface area contributed by atoms with Gasteiger partial charge in [-0.05, 0) is 24.9 Å². The van der Waals surface area contributed by atoms with E-state index in [9.17, 15) is 14.4 Å². The number of benzene rings is 1. The predicted molar refractivity (Wildman–Crippen MR) is 96.4 cm³/mol. The van der Waals surface area contributed by atoms with Gasteiger partial charge in [0.05, 0.1) is 34.4 Å². The molecule has 2 amide bonds. The molecular formula is C14H10B4N4O3.